The standard InChI is InChI=1S/C15H19NO4/c1-4-20-14(19)12-13(18)16(9-10(2)3)15(12)7-5-11(17)6-8-15/h5-8,10,12H,4,9H2,1-3H3. The van der Waals surface area contributed by atoms with Crippen LogP contribution in [-0.4, -0.2) is 41.3 Å². The maximum atomic E-state index is 12.2. The van der Waals surface area contributed by atoms with Gasteiger partial charge in [-0.15, -0.1) is 0 Å². The van der Waals surface area contributed by atoms with Crippen LogP contribution < -0.4 is 0 Å². The summed E-state index contributed by atoms with van der Waals surface area (Å²) in [5.74, 6) is -1.50. The van der Waals surface area contributed by atoms with Gasteiger partial charge in [-0.25, -0.2) is 0 Å². The van der Waals surface area contributed by atoms with E-state index in [1.807, 2.05) is 13.8 Å². The van der Waals surface area contributed by atoms with Crippen LogP contribution in [0.3, 0.4) is 0 Å². The predicted molar refractivity (Wildman–Crippen MR) is 72.7 cm³/mol. The van der Waals surface area contributed by atoms with E-state index in [1.165, 1.54) is 12.2 Å². The van der Waals surface area contributed by atoms with Crippen LogP contribution >= 0.6 is 0 Å². The zero-order valence-electron chi connectivity index (χ0n) is 12.0. The molecule has 0 radical (unpaired) electrons. The van der Waals surface area contributed by atoms with Crippen molar-refractivity contribution in [2.24, 2.45) is 11.8 Å². The molecule has 0 N–H and O–H groups in total. The average Bonchev–Trinajstić information content (AvgIpc) is 2.39. The summed E-state index contributed by atoms with van der Waals surface area (Å²) in [7, 11) is 0. The third kappa shape index (κ3) is 2.17. The number of hydrogen-bond donors (Lipinski definition) is 0. The van der Waals surface area contributed by atoms with Crippen molar-refractivity contribution in [1.82, 2.24) is 4.90 Å². The first kappa shape index (κ1) is 14.5. The number of carbonyl (C=O) groups is 3. The fraction of sp³-hybridized carbons (Fsp3) is 0.533. The first-order chi connectivity index (χ1) is 9.42. The van der Waals surface area contributed by atoms with E-state index in [0.717, 1.165) is 0 Å². The second kappa shape index (κ2) is 5.23. The number of esters is 1. The quantitative estimate of drug-likeness (QED) is 0.438. The van der Waals surface area contributed by atoms with Crippen LogP contribution in [0.1, 0.15) is 20.8 Å². The molecular weight excluding hydrogens is 258 g/mol. The average molecular weight is 277 g/mol. The van der Waals surface area contributed by atoms with Crippen molar-refractivity contribution >= 4 is 17.7 Å². The van der Waals surface area contributed by atoms with E-state index in [2.05, 4.69) is 0 Å². The largest absolute Gasteiger partial charge is 0.465 e. The highest BCUT2D eigenvalue weighted by Gasteiger charge is 2.62. The smallest absolute Gasteiger partial charge is 0.321 e. The summed E-state index contributed by atoms with van der Waals surface area (Å²) in [5, 5.41) is 0. The lowest BCUT2D eigenvalue weighted by atomic mass is 9.70. The van der Waals surface area contributed by atoms with Crippen molar-refractivity contribution in [2.75, 3.05) is 13.2 Å². The van der Waals surface area contributed by atoms with Gasteiger partial charge in [0, 0.05) is 6.54 Å². The summed E-state index contributed by atoms with van der Waals surface area (Å²) in [4.78, 5) is 37.2. The molecule has 2 aliphatic rings. The van der Waals surface area contributed by atoms with E-state index < -0.39 is 17.4 Å². The molecule has 1 spiro atoms. The zero-order valence-corrected chi connectivity index (χ0v) is 12.0. The molecule has 1 aliphatic heterocycles. The summed E-state index contributed by atoms with van der Waals surface area (Å²) < 4.78 is 4.98. The second-order valence-corrected chi connectivity index (χ2v) is 5.48. The van der Waals surface area contributed by atoms with Gasteiger partial charge in [-0.05, 0) is 37.1 Å². The number of ketones is 1. The van der Waals surface area contributed by atoms with Crippen molar-refractivity contribution in [3.05, 3.63) is 24.3 Å². The predicted octanol–water partition coefficient (Wildman–Crippen LogP) is 1.10. The first-order valence-corrected chi connectivity index (χ1v) is 6.83. The van der Waals surface area contributed by atoms with E-state index in [0.29, 0.717) is 6.54 Å². The number of hydrogen-bond acceptors (Lipinski definition) is 4. The SMILES string of the molecule is CCOC(=O)C1C(=O)N(CC(C)C)C12C=CC(=O)C=C2. The molecule has 1 saturated heterocycles. The minimum absolute atomic E-state index is 0.137. The summed E-state index contributed by atoms with van der Waals surface area (Å²) in [6.07, 6.45) is 6.10. The van der Waals surface area contributed by atoms with Crippen LogP contribution in [0.15, 0.2) is 24.3 Å². The molecule has 2 rings (SSSR count). The molecule has 1 amide bonds. The lowest BCUT2D eigenvalue weighted by Crippen LogP contribution is -2.72. The summed E-state index contributed by atoms with van der Waals surface area (Å²) >= 11 is 0. The Labute approximate surface area is 118 Å². The Hall–Kier alpha value is -1.91. The molecule has 0 aromatic rings. The van der Waals surface area contributed by atoms with Gasteiger partial charge in [-0.3, -0.25) is 14.4 Å². The molecule has 20 heavy (non-hydrogen) atoms. The molecule has 0 aromatic carbocycles. The Kier molecular flexibility index (Phi) is 3.79. The van der Waals surface area contributed by atoms with Gasteiger partial charge in [0.15, 0.2) is 11.7 Å². The van der Waals surface area contributed by atoms with Crippen LogP contribution in [0.5, 0.6) is 0 Å². The topological polar surface area (TPSA) is 63.7 Å². The van der Waals surface area contributed by atoms with E-state index in [1.54, 1.807) is 24.0 Å². The second-order valence-electron chi connectivity index (χ2n) is 5.48. The van der Waals surface area contributed by atoms with Crippen LogP contribution in [-0.2, 0) is 19.1 Å². The highest BCUT2D eigenvalue weighted by atomic mass is 16.5. The zero-order chi connectivity index (χ0) is 14.9. The minimum atomic E-state index is -0.873. The van der Waals surface area contributed by atoms with Gasteiger partial charge in [0.05, 0.1) is 6.61 Å². The molecule has 0 aromatic heterocycles. The van der Waals surface area contributed by atoms with Gasteiger partial charge in [0.2, 0.25) is 5.91 Å². The van der Waals surface area contributed by atoms with E-state index in [4.69, 9.17) is 4.74 Å². The van der Waals surface area contributed by atoms with Gasteiger partial charge in [-0.1, -0.05) is 13.8 Å². The van der Waals surface area contributed by atoms with E-state index in [-0.39, 0.29) is 24.2 Å². The Morgan fingerprint density at radius 3 is 2.45 bits per heavy atom. The molecule has 1 heterocycles. The lowest BCUT2D eigenvalue weighted by molar-refractivity contribution is -0.177. The number of rotatable bonds is 4. The normalized spacial score (nSPS) is 23.4. The highest BCUT2D eigenvalue weighted by molar-refractivity contribution is 6.09. The lowest BCUT2D eigenvalue weighted by Gasteiger charge is -2.54. The molecule has 5 nitrogen and oxygen atoms in total. The van der Waals surface area contributed by atoms with Crippen molar-refractivity contribution in [3.8, 4) is 0 Å². The molecule has 1 aliphatic carbocycles. The van der Waals surface area contributed by atoms with Crippen molar-refractivity contribution in [1.29, 1.82) is 0 Å². The molecule has 0 bridgehead atoms. The number of amides is 1. The number of likely N-dealkylation sites (tertiary alicyclic amines) is 1. The number of ether oxygens (including phenoxy) is 1. The van der Waals surface area contributed by atoms with Crippen LogP contribution in [0.25, 0.3) is 0 Å². The Morgan fingerprint density at radius 1 is 1.35 bits per heavy atom. The fourth-order valence-corrected chi connectivity index (χ4v) is 2.68. The summed E-state index contributed by atoms with van der Waals surface area (Å²) in [6, 6.07) is 0. The summed E-state index contributed by atoms with van der Waals surface area (Å²) in [6.45, 7) is 6.47. The number of allylic oxidation sites excluding steroid dienone is 2. The maximum absolute atomic E-state index is 12.2. The van der Waals surface area contributed by atoms with Crippen molar-refractivity contribution in [3.63, 3.8) is 0 Å². The molecule has 108 valence electrons. The third-order valence-electron chi connectivity index (χ3n) is 3.54. The van der Waals surface area contributed by atoms with Gasteiger partial charge in [0.1, 0.15) is 5.54 Å². The molecule has 1 unspecified atom stereocenters. The number of carbonyl (C=O) groups excluding carboxylic acids is 3. The Bertz CT molecular complexity index is 488. The monoisotopic (exact) mass is 277 g/mol. The van der Waals surface area contributed by atoms with Crippen molar-refractivity contribution in [2.45, 2.75) is 26.3 Å². The highest BCUT2D eigenvalue weighted by Crippen LogP contribution is 2.43. The van der Waals surface area contributed by atoms with Crippen LogP contribution in [0, 0.1) is 11.8 Å². The number of β-lactam (4-membered cyclic amide) rings is 1. The third-order valence-corrected chi connectivity index (χ3v) is 3.54. The maximum Gasteiger partial charge on any atom is 0.321 e. The Morgan fingerprint density at radius 2 is 1.95 bits per heavy atom. The van der Waals surface area contributed by atoms with Crippen LogP contribution in [0.2, 0.25) is 0 Å². The van der Waals surface area contributed by atoms with Gasteiger partial charge in [-0.2, -0.15) is 0 Å². The van der Waals surface area contributed by atoms with Gasteiger partial charge < -0.3 is 9.64 Å². The van der Waals surface area contributed by atoms with Gasteiger partial charge in [0.25, 0.3) is 0 Å². The molecule has 5 heteroatoms. The molecule has 0 saturated carbocycles. The van der Waals surface area contributed by atoms with Crippen LogP contribution in [0.4, 0.5) is 0 Å². The molecule has 1 fully saturated rings. The summed E-state index contributed by atoms with van der Waals surface area (Å²) in [5.41, 5.74) is -0.832. The first-order valence-electron chi connectivity index (χ1n) is 6.83. The minimum Gasteiger partial charge on any atom is -0.465 e. The fourth-order valence-electron chi connectivity index (χ4n) is 2.68. The Balaban J connectivity index is 2.32. The van der Waals surface area contributed by atoms with E-state index >= 15 is 0 Å². The van der Waals surface area contributed by atoms with Gasteiger partial charge >= 0.3 is 5.97 Å². The van der Waals surface area contributed by atoms with Crippen molar-refractivity contribution < 1.29 is 19.1 Å². The van der Waals surface area contributed by atoms with E-state index in [9.17, 15) is 14.4 Å². The molecular formula is C15H19NO4. The molecule has 1 atom stereocenters. The number of nitrogens with zero attached hydrogens (tertiary/aromatic N) is 1.